The molecule has 2 nitrogen and oxygen atoms in total. The lowest BCUT2D eigenvalue weighted by Crippen LogP contribution is -2.29. The van der Waals surface area contributed by atoms with E-state index in [-0.39, 0.29) is 0 Å². The van der Waals surface area contributed by atoms with Gasteiger partial charge in [-0.3, -0.25) is 4.99 Å². The van der Waals surface area contributed by atoms with Crippen LogP contribution in [0, 0.1) is 6.92 Å². The molecular weight excluding hydrogens is 282 g/mol. The molecule has 0 aliphatic rings. The van der Waals surface area contributed by atoms with Gasteiger partial charge in [-0.1, -0.05) is 12.1 Å². The number of aryl methyl sites for hydroxylation is 1. The number of thiophene rings is 1. The molecule has 0 N–H and O–H groups in total. The molecule has 0 fully saturated rings. The van der Waals surface area contributed by atoms with Crippen molar-refractivity contribution in [1.29, 1.82) is 0 Å². The Kier molecular flexibility index (Phi) is 4.78. The highest BCUT2D eigenvalue weighted by Crippen LogP contribution is 2.30. The van der Waals surface area contributed by atoms with Gasteiger partial charge in [0, 0.05) is 17.5 Å². The first-order valence-corrected chi connectivity index (χ1v) is 11.1. The second-order valence-electron chi connectivity index (χ2n) is 5.78. The van der Waals surface area contributed by atoms with Crippen LogP contribution in [0.5, 0.6) is 5.75 Å². The van der Waals surface area contributed by atoms with E-state index in [1.54, 1.807) is 11.3 Å². The Labute approximate surface area is 126 Å². The van der Waals surface area contributed by atoms with Crippen LogP contribution in [0.3, 0.4) is 0 Å². The van der Waals surface area contributed by atoms with E-state index in [1.807, 2.05) is 12.3 Å². The van der Waals surface area contributed by atoms with Crippen LogP contribution in [0.25, 0.3) is 0 Å². The van der Waals surface area contributed by atoms with Crippen molar-refractivity contribution in [3.63, 3.8) is 0 Å². The van der Waals surface area contributed by atoms with Crippen LogP contribution < -0.4 is 4.43 Å². The van der Waals surface area contributed by atoms with Crippen molar-refractivity contribution in [2.45, 2.75) is 33.0 Å². The molecule has 0 aliphatic carbocycles. The van der Waals surface area contributed by atoms with Gasteiger partial charge < -0.3 is 4.43 Å². The van der Waals surface area contributed by atoms with Gasteiger partial charge in [0.05, 0.1) is 0 Å². The average Bonchev–Trinajstić information content (AvgIpc) is 2.83. The van der Waals surface area contributed by atoms with Gasteiger partial charge in [0.2, 0.25) is 8.32 Å². The maximum atomic E-state index is 6.13. The van der Waals surface area contributed by atoms with Gasteiger partial charge in [-0.05, 0) is 55.7 Å². The minimum atomic E-state index is -1.62. The highest BCUT2D eigenvalue weighted by molar-refractivity contribution is 7.10. The molecular formula is C16H21NOSSi. The summed E-state index contributed by atoms with van der Waals surface area (Å²) in [6.45, 7) is 8.65. The molecule has 1 heterocycles. The van der Waals surface area contributed by atoms with Gasteiger partial charge in [0.25, 0.3) is 0 Å². The van der Waals surface area contributed by atoms with E-state index in [1.165, 1.54) is 10.4 Å². The first kappa shape index (κ1) is 15.0. The van der Waals surface area contributed by atoms with E-state index in [4.69, 9.17) is 4.43 Å². The number of hydrogen-bond acceptors (Lipinski definition) is 3. The Hall–Kier alpha value is -1.39. The summed E-state index contributed by atoms with van der Waals surface area (Å²) in [5.74, 6) is 0.909. The molecule has 0 bridgehead atoms. The number of nitrogens with zero attached hydrogens (tertiary/aromatic N) is 1. The molecule has 0 saturated heterocycles. The number of hydrogen-bond donors (Lipinski definition) is 0. The van der Waals surface area contributed by atoms with Crippen LogP contribution in [0.1, 0.15) is 10.4 Å². The highest BCUT2D eigenvalue weighted by atomic mass is 32.1. The van der Waals surface area contributed by atoms with Crippen molar-refractivity contribution in [3.05, 3.63) is 46.2 Å². The number of rotatable bonds is 5. The molecule has 0 radical (unpaired) electrons. The Balaban J connectivity index is 2.16. The van der Waals surface area contributed by atoms with Crippen molar-refractivity contribution < 1.29 is 4.43 Å². The SMILES string of the molecule is Cc1ccc(N=CCc2cccs2)c(O[Si](C)(C)C)c1. The molecule has 2 aromatic rings. The average molecular weight is 304 g/mol. The van der Waals surface area contributed by atoms with Crippen LogP contribution >= 0.6 is 11.3 Å². The van der Waals surface area contributed by atoms with Crippen molar-refractivity contribution in [2.24, 2.45) is 4.99 Å². The maximum absolute atomic E-state index is 6.13. The molecule has 0 unspecified atom stereocenters. The van der Waals surface area contributed by atoms with Crippen LogP contribution in [-0.2, 0) is 6.42 Å². The molecule has 0 aliphatic heterocycles. The Morgan fingerprint density at radius 2 is 2.05 bits per heavy atom. The van der Waals surface area contributed by atoms with Gasteiger partial charge in [0.1, 0.15) is 11.4 Å². The van der Waals surface area contributed by atoms with Gasteiger partial charge in [-0.25, -0.2) is 0 Å². The summed E-state index contributed by atoms with van der Waals surface area (Å²) in [6, 6.07) is 10.4. The zero-order valence-corrected chi connectivity index (χ0v) is 14.3. The summed E-state index contributed by atoms with van der Waals surface area (Å²) in [6.07, 6.45) is 2.84. The molecule has 4 heteroatoms. The lowest BCUT2D eigenvalue weighted by Gasteiger charge is -2.20. The summed E-state index contributed by atoms with van der Waals surface area (Å²) in [4.78, 5) is 5.91. The van der Waals surface area contributed by atoms with E-state index in [0.29, 0.717) is 0 Å². The summed E-state index contributed by atoms with van der Waals surface area (Å²) in [5.41, 5.74) is 2.13. The van der Waals surface area contributed by atoms with Crippen molar-refractivity contribution >= 4 is 31.6 Å². The maximum Gasteiger partial charge on any atom is 0.242 e. The van der Waals surface area contributed by atoms with Crippen LogP contribution in [0.2, 0.25) is 19.6 Å². The van der Waals surface area contributed by atoms with Crippen LogP contribution in [0.15, 0.2) is 40.7 Å². The lowest BCUT2D eigenvalue weighted by molar-refractivity contribution is 0.558. The van der Waals surface area contributed by atoms with Gasteiger partial charge in [-0.15, -0.1) is 11.3 Å². The minimum absolute atomic E-state index is 0.873. The molecule has 1 aromatic heterocycles. The number of benzene rings is 1. The zero-order valence-electron chi connectivity index (χ0n) is 12.5. The summed E-state index contributed by atoms with van der Waals surface area (Å²) < 4.78 is 6.13. The van der Waals surface area contributed by atoms with E-state index < -0.39 is 8.32 Å². The quantitative estimate of drug-likeness (QED) is 0.548. The fourth-order valence-corrected chi connectivity index (χ4v) is 3.29. The molecule has 0 amide bonds. The summed E-state index contributed by atoms with van der Waals surface area (Å²) in [7, 11) is -1.62. The van der Waals surface area contributed by atoms with Gasteiger partial charge in [0.15, 0.2) is 0 Å². The third kappa shape index (κ3) is 4.61. The molecule has 1 aromatic carbocycles. The monoisotopic (exact) mass is 303 g/mol. The third-order valence-electron chi connectivity index (χ3n) is 2.63. The van der Waals surface area contributed by atoms with E-state index in [0.717, 1.165) is 17.9 Å². The topological polar surface area (TPSA) is 21.6 Å². The fourth-order valence-electron chi connectivity index (χ4n) is 1.80. The molecule has 0 atom stereocenters. The Bertz CT molecular complexity index is 585. The number of aliphatic imine (C=N–C) groups is 1. The predicted molar refractivity (Wildman–Crippen MR) is 91.3 cm³/mol. The zero-order chi connectivity index (χ0) is 14.6. The predicted octanol–water partition coefficient (Wildman–Crippen LogP) is 5.22. The van der Waals surface area contributed by atoms with E-state index >= 15 is 0 Å². The second-order valence-corrected chi connectivity index (χ2v) is 11.2. The van der Waals surface area contributed by atoms with Crippen molar-refractivity contribution in [3.8, 4) is 5.75 Å². The standard InChI is InChI=1S/C16H21NOSSi/c1-13-7-8-15(16(12-13)18-20(2,3)4)17-10-9-14-6-5-11-19-14/h5-8,10-12H,9H2,1-4H3. The van der Waals surface area contributed by atoms with Gasteiger partial charge in [-0.2, -0.15) is 0 Å². The second kappa shape index (κ2) is 6.37. The summed E-state index contributed by atoms with van der Waals surface area (Å²) >= 11 is 1.76. The van der Waals surface area contributed by atoms with Crippen molar-refractivity contribution in [1.82, 2.24) is 0 Å². The first-order valence-electron chi connectivity index (χ1n) is 6.79. The van der Waals surface area contributed by atoms with Crippen LogP contribution in [0.4, 0.5) is 5.69 Å². The lowest BCUT2D eigenvalue weighted by atomic mass is 10.2. The summed E-state index contributed by atoms with van der Waals surface area (Å²) in [5, 5.41) is 2.09. The largest absolute Gasteiger partial charge is 0.543 e. The van der Waals surface area contributed by atoms with Crippen LogP contribution in [-0.4, -0.2) is 14.5 Å². The van der Waals surface area contributed by atoms with Crippen molar-refractivity contribution in [2.75, 3.05) is 0 Å². The van der Waals surface area contributed by atoms with E-state index in [9.17, 15) is 0 Å². The minimum Gasteiger partial charge on any atom is -0.543 e. The van der Waals surface area contributed by atoms with Gasteiger partial charge >= 0.3 is 0 Å². The molecule has 0 saturated carbocycles. The molecule has 2 rings (SSSR count). The highest BCUT2D eigenvalue weighted by Gasteiger charge is 2.18. The Morgan fingerprint density at radius 3 is 2.70 bits per heavy atom. The first-order chi connectivity index (χ1) is 9.44. The fraction of sp³-hybridized carbons (Fsp3) is 0.312. The molecule has 0 spiro atoms. The third-order valence-corrected chi connectivity index (χ3v) is 4.37. The molecule has 20 heavy (non-hydrogen) atoms. The molecule has 106 valence electrons. The normalized spacial score (nSPS) is 12.0. The smallest absolute Gasteiger partial charge is 0.242 e. The van der Waals surface area contributed by atoms with E-state index in [2.05, 4.69) is 61.2 Å². The Morgan fingerprint density at radius 1 is 1.25 bits per heavy atom.